The molecular formula is C17H12N4O3S. The Labute approximate surface area is 146 Å². The number of thiazole rings is 1. The number of benzene rings is 1. The lowest BCUT2D eigenvalue weighted by Gasteiger charge is -1.97. The summed E-state index contributed by atoms with van der Waals surface area (Å²) in [6.07, 6.45) is 6.32. The molecule has 0 atom stereocenters. The number of anilines is 1. The first-order chi connectivity index (χ1) is 12.1. The lowest BCUT2D eigenvalue weighted by molar-refractivity contribution is -0.384. The van der Waals surface area contributed by atoms with Gasteiger partial charge in [0.2, 0.25) is 5.91 Å². The van der Waals surface area contributed by atoms with Crippen LogP contribution in [0.15, 0.2) is 60.2 Å². The Morgan fingerprint density at radius 3 is 2.72 bits per heavy atom. The first kappa shape index (κ1) is 16.5. The molecule has 25 heavy (non-hydrogen) atoms. The Bertz CT molecular complexity index is 921. The van der Waals surface area contributed by atoms with Crippen LogP contribution in [0.2, 0.25) is 0 Å². The molecule has 2 heterocycles. The molecule has 0 aliphatic heterocycles. The van der Waals surface area contributed by atoms with Crippen LogP contribution in [0.5, 0.6) is 0 Å². The minimum absolute atomic E-state index is 0.00678. The molecule has 2 aromatic heterocycles. The quantitative estimate of drug-likeness (QED) is 0.428. The number of rotatable bonds is 5. The summed E-state index contributed by atoms with van der Waals surface area (Å²) in [7, 11) is 0. The molecule has 7 nitrogen and oxygen atoms in total. The second-order valence-corrected chi connectivity index (χ2v) is 5.81. The largest absolute Gasteiger partial charge is 0.298 e. The van der Waals surface area contributed by atoms with E-state index in [9.17, 15) is 14.9 Å². The van der Waals surface area contributed by atoms with E-state index in [2.05, 4.69) is 15.3 Å². The standard InChI is InChI=1S/C17H12N4O3S/c22-16(8-5-12-3-6-14(7-4-12)21(23)24)20-17-19-15(11-25-17)13-2-1-9-18-10-13/h1-11H,(H,19,20,22). The van der Waals surface area contributed by atoms with Gasteiger partial charge in [0.05, 0.1) is 10.6 Å². The molecule has 1 aromatic carbocycles. The molecule has 0 saturated carbocycles. The van der Waals surface area contributed by atoms with Gasteiger partial charge in [0.1, 0.15) is 0 Å². The minimum Gasteiger partial charge on any atom is -0.298 e. The molecule has 0 aliphatic rings. The number of pyridine rings is 1. The number of amides is 1. The van der Waals surface area contributed by atoms with Crippen molar-refractivity contribution in [1.29, 1.82) is 0 Å². The summed E-state index contributed by atoms with van der Waals surface area (Å²) in [6, 6.07) is 9.64. The van der Waals surface area contributed by atoms with E-state index in [0.717, 1.165) is 11.3 Å². The number of carbonyl (C=O) groups excluding carboxylic acids is 1. The fraction of sp³-hybridized carbons (Fsp3) is 0. The van der Waals surface area contributed by atoms with Crippen LogP contribution >= 0.6 is 11.3 Å². The van der Waals surface area contributed by atoms with Crippen LogP contribution < -0.4 is 5.32 Å². The van der Waals surface area contributed by atoms with Crippen LogP contribution in [0, 0.1) is 10.1 Å². The molecule has 3 aromatic rings. The number of hydrogen-bond donors (Lipinski definition) is 1. The van der Waals surface area contributed by atoms with E-state index in [4.69, 9.17) is 0 Å². The first-order valence-corrected chi connectivity index (χ1v) is 8.09. The number of nitrogens with zero attached hydrogens (tertiary/aromatic N) is 3. The SMILES string of the molecule is O=C(C=Cc1ccc([N+](=O)[O-])cc1)Nc1nc(-c2cccnc2)cs1. The average Bonchev–Trinajstić information content (AvgIpc) is 3.09. The highest BCUT2D eigenvalue weighted by Crippen LogP contribution is 2.24. The number of carbonyl (C=O) groups is 1. The maximum absolute atomic E-state index is 12.0. The molecule has 1 amide bonds. The zero-order chi connectivity index (χ0) is 17.6. The van der Waals surface area contributed by atoms with Crippen LogP contribution in [0.4, 0.5) is 10.8 Å². The van der Waals surface area contributed by atoms with Crippen molar-refractivity contribution >= 4 is 34.1 Å². The van der Waals surface area contributed by atoms with E-state index in [0.29, 0.717) is 10.7 Å². The third-order valence-electron chi connectivity index (χ3n) is 3.22. The van der Waals surface area contributed by atoms with Crippen LogP contribution in [0.1, 0.15) is 5.56 Å². The van der Waals surface area contributed by atoms with Gasteiger partial charge < -0.3 is 0 Å². The Morgan fingerprint density at radius 1 is 1.24 bits per heavy atom. The second kappa shape index (κ2) is 7.45. The Hall–Kier alpha value is -3.39. The molecule has 0 unspecified atom stereocenters. The van der Waals surface area contributed by atoms with Gasteiger partial charge >= 0.3 is 0 Å². The maximum Gasteiger partial charge on any atom is 0.269 e. The van der Waals surface area contributed by atoms with Gasteiger partial charge in [-0.2, -0.15) is 0 Å². The molecule has 0 fully saturated rings. The normalized spacial score (nSPS) is 10.7. The van der Waals surface area contributed by atoms with Crippen molar-refractivity contribution in [2.75, 3.05) is 5.32 Å². The number of nitro groups is 1. The number of nitro benzene ring substituents is 1. The van der Waals surface area contributed by atoms with Gasteiger partial charge in [-0.15, -0.1) is 11.3 Å². The smallest absolute Gasteiger partial charge is 0.269 e. The van der Waals surface area contributed by atoms with Crippen molar-refractivity contribution in [3.8, 4) is 11.3 Å². The van der Waals surface area contributed by atoms with Crippen molar-refractivity contribution in [3.05, 3.63) is 75.9 Å². The molecule has 8 heteroatoms. The molecule has 0 aliphatic carbocycles. The van der Waals surface area contributed by atoms with E-state index < -0.39 is 4.92 Å². The molecule has 0 radical (unpaired) electrons. The number of nitrogens with one attached hydrogen (secondary N) is 1. The van der Waals surface area contributed by atoms with Crippen molar-refractivity contribution in [2.45, 2.75) is 0 Å². The lowest BCUT2D eigenvalue weighted by Crippen LogP contribution is -2.07. The fourth-order valence-electron chi connectivity index (χ4n) is 2.00. The monoisotopic (exact) mass is 352 g/mol. The molecule has 0 saturated heterocycles. The molecule has 0 bridgehead atoms. The van der Waals surface area contributed by atoms with Gasteiger partial charge in [-0.1, -0.05) is 0 Å². The predicted octanol–water partition coefficient (Wildman–Crippen LogP) is 3.77. The van der Waals surface area contributed by atoms with Crippen molar-refractivity contribution in [2.24, 2.45) is 0 Å². The fourth-order valence-corrected chi connectivity index (χ4v) is 2.73. The van der Waals surface area contributed by atoms with E-state index in [1.54, 1.807) is 30.6 Å². The third-order valence-corrected chi connectivity index (χ3v) is 3.98. The molecule has 124 valence electrons. The third kappa shape index (κ3) is 4.33. The molecule has 1 N–H and O–H groups in total. The van der Waals surface area contributed by atoms with Crippen LogP contribution in [0.3, 0.4) is 0 Å². The summed E-state index contributed by atoms with van der Waals surface area (Å²) in [5, 5.41) is 15.6. The second-order valence-electron chi connectivity index (χ2n) is 4.95. The highest BCUT2D eigenvalue weighted by atomic mass is 32.1. The number of aromatic nitrogens is 2. The van der Waals surface area contributed by atoms with Crippen LogP contribution in [0.25, 0.3) is 17.3 Å². The van der Waals surface area contributed by atoms with Crippen LogP contribution in [-0.4, -0.2) is 20.8 Å². The van der Waals surface area contributed by atoms with E-state index in [1.807, 2.05) is 17.5 Å². The van der Waals surface area contributed by atoms with Crippen LogP contribution in [-0.2, 0) is 4.79 Å². The van der Waals surface area contributed by atoms with Gasteiger partial charge in [0.15, 0.2) is 5.13 Å². The Kier molecular flexibility index (Phi) is 4.91. The topological polar surface area (TPSA) is 98.0 Å². The molecule has 0 spiro atoms. The summed E-state index contributed by atoms with van der Waals surface area (Å²) >= 11 is 1.32. The summed E-state index contributed by atoms with van der Waals surface area (Å²) in [6.45, 7) is 0. The van der Waals surface area contributed by atoms with Gasteiger partial charge in [-0.3, -0.25) is 25.2 Å². The maximum atomic E-state index is 12.0. The summed E-state index contributed by atoms with van der Waals surface area (Å²) in [5.41, 5.74) is 2.32. The Balaban J connectivity index is 1.63. The number of hydrogen-bond acceptors (Lipinski definition) is 6. The van der Waals surface area contributed by atoms with Crippen molar-refractivity contribution in [3.63, 3.8) is 0 Å². The highest BCUT2D eigenvalue weighted by molar-refractivity contribution is 7.14. The van der Waals surface area contributed by atoms with Gasteiger partial charge in [-0.05, 0) is 35.9 Å². The zero-order valence-corrected chi connectivity index (χ0v) is 13.6. The Morgan fingerprint density at radius 2 is 2.04 bits per heavy atom. The highest BCUT2D eigenvalue weighted by Gasteiger charge is 2.07. The molecule has 3 rings (SSSR count). The summed E-state index contributed by atoms with van der Waals surface area (Å²) < 4.78 is 0. The van der Waals surface area contributed by atoms with E-state index in [1.165, 1.54) is 29.5 Å². The van der Waals surface area contributed by atoms with Crippen molar-refractivity contribution < 1.29 is 9.72 Å². The lowest BCUT2D eigenvalue weighted by atomic mass is 10.2. The molecular weight excluding hydrogens is 340 g/mol. The predicted molar refractivity (Wildman–Crippen MR) is 96.1 cm³/mol. The van der Waals surface area contributed by atoms with Gasteiger partial charge in [0, 0.05) is 41.5 Å². The van der Waals surface area contributed by atoms with Gasteiger partial charge in [0.25, 0.3) is 5.69 Å². The summed E-state index contributed by atoms with van der Waals surface area (Å²) in [4.78, 5) is 30.5. The minimum atomic E-state index is -0.470. The summed E-state index contributed by atoms with van der Waals surface area (Å²) in [5.74, 6) is -0.328. The van der Waals surface area contributed by atoms with E-state index in [-0.39, 0.29) is 11.6 Å². The van der Waals surface area contributed by atoms with Crippen molar-refractivity contribution in [1.82, 2.24) is 9.97 Å². The number of non-ortho nitro benzene ring substituents is 1. The average molecular weight is 352 g/mol. The van der Waals surface area contributed by atoms with E-state index >= 15 is 0 Å². The van der Waals surface area contributed by atoms with Gasteiger partial charge in [-0.25, -0.2) is 4.98 Å². The first-order valence-electron chi connectivity index (χ1n) is 7.21. The zero-order valence-electron chi connectivity index (χ0n) is 12.8.